The normalized spacial score (nSPS) is 16.0. The largest absolute Gasteiger partial charge is 0.495 e. The Bertz CT molecular complexity index is 929. The Morgan fingerprint density at radius 2 is 1.72 bits per heavy atom. The van der Waals surface area contributed by atoms with Crippen LogP contribution in [-0.2, 0) is 0 Å². The molecule has 0 radical (unpaired) electrons. The first-order valence-electron chi connectivity index (χ1n) is 10.4. The van der Waals surface area contributed by atoms with Crippen molar-refractivity contribution in [2.75, 3.05) is 25.1 Å². The third-order valence-corrected chi connectivity index (χ3v) is 5.92. The molecule has 1 aliphatic rings. The van der Waals surface area contributed by atoms with E-state index in [1.807, 2.05) is 41.2 Å². The number of hydrogen-bond donors (Lipinski definition) is 1. The lowest BCUT2D eigenvalue weighted by atomic mass is 10.0. The van der Waals surface area contributed by atoms with Gasteiger partial charge < -0.3 is 15.0 Å². The highest BCUT2D eigenvalue weighted by Crippen LogP contribution is 2.30. The number of ether oxygens (including phenoxy) is 1. The smallest absolute Gasteiger partial charge is 0.142 e. The van der Waals surface area contributed by atoms with E-state index in [-0.39, 0.29) is 6.04 Å². The monoisotopic (exact) mass is 390 g/mol. The summed E-state index contributed by atoms with van der Waals surface area (Å²) in [5.41, 5.74) is 4.76. The fourth-order valence-corrected chi connectivity index (χ4v) is 4.30. The third kappa shape index (κ3) is 4.15. The van der Waals surface area contributed by atoms with Gasteiger partial charge in [-0.15, -0.1) is 0 Å². The molecule has 5 heteroatoms. The minimum atomic E-state index is 0.273. The van der Waals surface area contributed by atoms with Crippen LogP contribution in [0.25, 0.3) is 5.69 Å². The van der Waals surface area contributed by atoms with E-state index in [2.05, 4.69) is 53.4 Å². The number of hydrogen-bond acceptors (Lipinski definition) is 4. The molecule has 0 amide bonds. The van der Waals surface area contributed by atoms with Gasteiger partial charge in [0.2, 0.25) is 0 Å². The Labute approximate surface area is 173 Å². The highest BCUT2D eigenvalue weighted by molar-refractivity contribution is 5.58. The third-order valence-electron chi connectivity index (χ3n) is 5.92. The molecule has 0 unspecified atom stereocenters. The average Bonchev–Trinajstić information content (AvgIpc) is 3.16. The molecular weight excluding hydrogens is 360 g/mol. The zero-order chi connectivity index (χ0) is 20.2. The Kier molecular flexibility index (Phi) is 5.86. The van der Waals surface area contributed by atoms with Crippen LogP contribution in [0.15, 0.2) is 60.8 Å². The number of para-hydroxylation sites is 3. The summed E-state index contributed by atoms with van der Waals surface area (Å²) in [7, 11) is 1.74. The van der Waals surface area contributed by atoms with Gasteiger partial charge in [0.05, 0.1) is 24.7 Å². The van der Waals surface area contributed by atoms with Crippen LogP contribution in [0.1, 0.15) is 37.1 Å². The van der Waals surface area contributed by atoms with E-state index in [1.54, 1.807) is 7.11 Å². The first-order chi connectivity index (χ1) is 14.2. The summed E-state index contributed by atoms with van der Waals surface area (Å²) in [5, 5.41) is 8.46. The van der Waals surface area contributed by atoms with E-state index in [1.165, 1.54) is 16.9 Å². The second-order valence-electron chi connectivity index (χ2n) is 7.75. The molecule has 29 heavy (non-hydrogen) atoms. The fraction of sp³-hybridized carbons (Fsp3) is 0.375. The number of rotatable bonds is 6. The summed E-state index contributed by atoms with van der Waals surface area (Å²) >= 11 is 0. The van der Waals surface area contributed by atoms with Gasteiger partial charge in [0.15, 0.2) is 0 Å². The molecule has 2 heterocycles. The van der Waals surface area contributed by atoms with Crippen molar-refractivity contribution in [3.8, 4) is 11.4 Å². The zero-order valence-electron chi connectivity index (χ0n) is 17.5. The molecule has 1 aromatic heterocycles. The molecule has 0 spiro atoms. The van der Waals surface area contributed by atoms with E-state index in [0.717, 1.165) is 37.4 Å². The van der Waals surface area contributed by atoms with Gasteiger partial charge in [0.1, 0.15) is 5.75 Å². The second-order valence-corrected chi connectivity index (χ2v) is 7.75. The van der Waals surface area contributed by atoms with Crippen LogP contribution in [0, 0.1) is 6.92 Å². The van der Waals surface area contributed by atoms with Crippen molar-refractivity contribution in [3.63, 3.8) is 0 Å². The molecule has 152 valence electrons. The lowest BCUT2D eigenvalue weighted by Crippen LogP contribution is -2.43. The standard InChI is InChI=1S/C24H30N4O/c1-18(22-17-25-28(19(22)2)21-9-5-4-6-10-21)26-20-13-15-27(16-14-20)23-11-7-8-12-24(23)29-3/h4-12,17-18,20,26H,13-16H2,1-3H3/t18-/m0/s1. The molecule has 0 bridgehead atoms. The first kappa shape index (κ1) is 19.5. The molecule has 1 saturated heterocycles. The lowest BCUT2D eigenvalue weighted by Gasteiger charge is -2.35. The maximum absolute atomic E-state index is 5.53. The molecule has 5 nitrogen and oxygen atoms in total. The van der Waals surface area contributed by atoms with Gasteiger partial charge in [-0.1, -0.05) is 30.3 Å². The lowest BCUT2D eigenvalue weighted by molar-refractivity contribution is 0.375. The van der Waals surface area contributed by atoms with Crippen molar-refractivity contribution in [2.24, 2.45) is 0 Å². The Hall–Kier alpha value is -2.79. The van der Waals surface area contributed by atoms with Crippen molar-refractivity contribution in [1.82, 2.24) is 15.1 Å². The van der Waals surface area contributed by atoms with E-state index in [9.17, 15) is 0 Å². The summed E-state index contributed by atoms with van der Waals surface area (Å²) in [6.07, 6.45) is 4.24. The van der Waals surface area contributed by atoms with Crippen LogP contribution in [0.2, 0.25) is 0 Å². The molecule has 3 aromatic rings. The zero-order valence-corrected chi connectivity index (χ0v) is 17.5. The second kappa shape index (κ2) is 8.70. The molecule has 2 aromatic carbocycles. The van der Waals surface area contributed by atoms with Crippen LogP contribution >= 0.6 is 0 Å². The van der Waals surface area contributed by atoms with E-state index in [0.29, 0.717) is 6.04 Å². The number of piperidine rings is 1. The van der Waals surface area contributed by atoms with Crippen molar-refractivity contribution in [1.29, 1.82) is 0 Å². The number of aromatic nitrogens is 2. The molecule has 0 aliphatic carbocycles. The average molecular weight is 391 g/mol. The highest BCUT2D eigenvalue weighted by Gasteiger charge is 2.24. The molecule has 1 N–H and O–H groups in total. The van der Waals surface area contributed by atoms with Crippen LogP contribution in [0.5, 0.6) is 5.75 Å². The van der Waals surface area contributed by atoms with Crippen LogP contribution in [0.4, 0.5) is 5.69 Å². The first-order valence-corrected chi connectivity index (χ1v) is 10.4. The summed E-state index contributed by atoms with van der Waals surface area (Å²) in [6.45, 7) is 6.46. The predicted molar refractivity (Wildman–Crippen MR) is 118 cm³/mol. The topological polar surface area (TPSA) is 42.3 Å². The van der Waals surface area contributed by atoms with Gasteiger partial charge in [-0.05, 0) is 51.0 Å². The summed E-state index contributed by atoms with van der Waals surface area (Å²) in [6, 6.07) is 19.4. The van der Waals surface area contributed by atoms with Gasteiger partial charge in [-0.3, -0.25) is 0 Å². The van der Waals surface area contributed by atoms with Crippen molar-refractivity contribution >= 4 is 5.69 Å². The maximum atomic E-state index is 5.53. The molecular formula is C24H30N4O. The van der Waals surface area contributed by atoms with Crippen LogP contribution in [-0.4, -0.2) is 36.0 Å². The number of benzene rings is 2. The van der Waals surface area contributed by atoms with Gasteiger partial charge in [0, 0.05) is 36.4 Å². The van der Waals surface area contributed by atoms with E-state index in [4.69, 9.17) is 4.74 Å². The fourth-order valence-electron chi connectivity index (χ4n) is 4.30. The molecule has 0 saturated carbocycles. The minimum Gasteiger partial charge on any atom is -0.495 e. The number of methoxy groups -OCH3 is 1. The predicted octanol–water partition coefficient (Wildman–Crippen LogP) is 4.51. The summed E-state index contributed by atoms with van der Waals surface area (Å²) in [4.78, 5) is 2.43. The number of anilines is 1. The molecule has 4 rings (SSSR count). The number of nitrogens with one attached hydrogen (secondary N) is 1. The SMILES string of the molecule is COc1ccccc1N1CCC(N[C@@H](C)c2cnn(-c3ccccc3)c2C)CC1. The maximum Gasteiger partial charge on any atom is 0.142 e. The van der Waals surface area contributed by atoms with Crippen LogP contribution < -0.4 is 15.0 Å². The summed E-state index contributed by atoms with van der Waals surface area (Å²) < 4.78 is 7.56. The van der Waals surface area contributed by atoms with Crippen molar-refractivity contribution in [2.45, 2.75) is 38.8 Å². The van der Waals surface area contributed by atoms with Gasteiger partial charge >= 0.3 is 0 Å². The Morgan fingerprint density at radius 1 is 1.03 bits per heavy atom. The molecule has 1 aliphatic heterocycles. The molecule has 1 atom stereocenters. The van der Waals surface area contributed by atoms with Crippen molar-refractivity contribution < 1.29 is 4.74 Å². The van der Waals surface area contributed by atoms with E-state index < -0.39 is 0 Å². The minimum absolute atomic E-state index is 0.273. The summed E-state index contributed by atoms with van der Waals surface area (Å²) in [5.74, 6) is 0.955. The Morgan fingerprint density at radius 3 is 2.45 bits per heavy atom. The quantitative estimate of drug-likeness (QED) is 0.672. The molecule has 1 fully saturated rings. The number of nitrogens with zero attached hydrogens (tertiary/aromatic N) is 3. The van der Waals surface area contributed by atoms with Gasteiger partial charge in [-0.25, -0.2) is 4.68 Å². The highest BCUT2D eigenvalue weighted by atomic mass is 16.5. The van der Waals surface area contributed by atoms with Gasteiger partial charge in [0.25, 0.3) is 0 Å². The Balaban J connectivity index is 1.38. The van der Waals surface area contributed by atoms with Crippen LogP contribution in [0.3, 0.4) is 0 Å². The van der Waals surface area contributed by atoms with E-state index >= 15 is 0 Å². The van der Waals surface area contributed by atoms with Crippen molar-refractivity contribution in [3.05, 3.63) is 72.1 Å². The van der Waals surface area contributed by atoms with Gasteiger partial charge in [-0.2, -0.15) is 5.10 Å².